The minimum absolute atomic E-state index is 0.109. The van der Waals surface area contributed by atoms with Crippen molar-refractivity contribution in [3.8, 4) is 0 Å². The molecule has 7 nitrogen and oxygen atoms in total. The van der Waals surface area contributed by atoms with Gasteiger partial charge in [-0.15, -0.1) is 0 Å². The lowest BCUT2D eigenvalue weighted by Crippen LogP contribution is -2.44. The second kappa shape index (κ2) is 7.48. The number of aromatic nitrogens is 2. The highest BCUT2D eigenvalue weighted by Gasteiger charge is 2.31. The van der Waals surface area contributed by atoms with Gasteiger partial charge in [-0.2, -0.15) is 5.10 Å². The van der Waals surface area contributed by atoms with Gasteiger partial charge in [-0.25, -0.2) is 0 Å². The average Bonchev–Trinajstić information content (AvgIpc) is 3.12. The summed E-state index contributed by atoms with van der Waals surface area (Å²) in [5.74, 6) is -0.552. The van der Waals surface area contributed by atoms with Crippen LogP contribution in [0.15, 0.2) is 42.6 Å². The first kappa shape index (κ1) is 17.2. The minimum Gasteiger partial charge on any atom is -0.368 e. The molecule has 1 aromatic heterocycles. The number of nitrogens with zero attached hydrogens (tertiary/aromatic N) is 3. The molecule has 7 heteroatoms. The average molecular weight is 341 g/mol. The molecule has 3 N–H and O–H groups in total. The van der Waals surface area contributed by atoms with Crippen LogP contribution in [0.3, 0.4) is 0 Å². The molecule has 0 radical (unpaired) electrons. The number of primary amides is 1. The van der Waals surface area contributed by atoms with Crippen LogP contribution >= 0.6 is 0 Å². The van der Waals surface area contributed by atoms with E-state index in [4.69, 9.17) is 5.73 Å². The molecule has 2 atom stereocenters. The van der Waals surface area contributed by atoms with Crippen molar-refractivity contribution in [2.75, 3.05) is 20.1 Å². The SMILES string of the molecule is CNC(=O)c1ccn([C@@H]2CCCN([C@@H](C(N)=O)c3ccccc3)C2)n1. The van der Waals surface area contributed by atoms with E-state index < -0.39 is 6.04 Å². The maximum absolute atomic E-state index is 12.1. The molecule has 3 rings (SSSR count). The Labute approximate surface area is 146 Å². The third kappa shape index (κ3) is 3.71. The number of amides is 2. The first-order valence-electron chi connectivity index (χ1n) is 8.45. The molecule has 132 valence electrons. The van der Waals surface area contributed by atoms with Crippen LogP contribution in [-0.2, 0) is 4.79 Å². The summed E-state index contributed by atoms with van der Waals surface area (Å²) >= 11 is 0. The lowest BCUT2D eigenvalue weighted by atomic mass is 9.99. The van der Waals surface area contributed by atoms with E-state index in [0.717, 1.165) is 24.9 Å². The number of rotatable bonds is 5. The van der Waals surface area contributed by atoms with Gasteiger partial charge >= 0.3 is 0 Å². The fourth-order valence-corrected chi connectivity index (χ4v) is 3.41. The van der Waals surface area contributed by atoms with Crippen molar-refractivity contribution in [2.45, 2.75) is 24.9 Å². The van der Waals surface area contributed by atoms with Gasteiger partial charge in [0.25, 0.3) is 5.91 Å². The minimum atomic E-state index is -0.446. The molecule has 2 heterocycles. The van der Waals surface area contributed by atoms with Gasteiger partial charge in [-0.3, -0.25) is 19.2 Å². The summed E-state index contributed by atoms with van der Waals surface area (Å²) in [6.45, 7) is 1.47. The van der Waals surface area contributed by atoms with Crippen LogP contribution in [0.25, 0.3) is 0 Å². The van der Waals surface area contributed by atoms with E-state index in [1.165, 1.54) is 0 Å². The zero-order valence-corrected chi connectivity index (χ0v) is 14.3. The van der Waals surface area contributed by atoms with Gasteiger partial charge in [-0.05, 0) is 31.0 Å². The van der Waals surface area contributed by atoms with Crippen molar-refractivity contribution in [3.63, 3.8) is 0 Å². The van der Waals surface area contributed by atoms with Crippen LogP contribution < -0.4 is 11.1 Å². The number of nitrogens with one attached hydrogen (secondary N) is 1. The largest absolute Gasteiger partial charge is 0.368 e. The summed E-state index contributed by atoms with van der Waals surface area (Å²) in [5, 5.41) is 6.95. The van der Waals surface area contributed by atoms with Crippen molar-refractivity contribution >= 4 is 11.8 Å². The molecule has 1 saturated heterocycles. The topological polar surface area (TPSA) is 93.3 Å². The van der Waals surface area contributed by atoms with Crippen molar-refractivity contribution in [2.24, 2.45) is 5.73 Å². The molecule has 1 aliphatic heterocycles. The standard InChI is InChI=1S/C18H23N5O2/c1-20-18(25)15-9-11-23(21-15)14-8-5-10-22(12-14)16(17(19)24)13-6-3-2-4-7-13/h2-4,6-7,9,11,14,16H,5,8,10,12H2,1H3,(H2,19,24)(H,20,25)/t14-,16-/m1/s1. The fraction of sp³-hybridized carbons (Fsp3) is 0.389. The zero-order chi connectivity index (χ0) is 17.8. The molecule has 0 saturated carbocycles. The van der Waals surface area contributed by atoms with Crippen LogP contribution in [0.4, 0.5) is 0 Å². The van der Waals surface area contributed by atoms with E-state index >= 15 is 0 Å². The van der Waals surface area contributed by atoms with E-state index in [1.54, 1.807) is 13.1 Å². The molecule has 0 aliphatic carbocycles. The number of carbonyl (C=O) groups is 2. The Morgan fingerprint density at radius 2 is 2.04 bits per heavy atom. The predicted molar refractivity (Wildman–Crippen MR) is 93.8 cm³/mol. The molecule has 1 aliphatic rings. The number of likely N-dealkylation sites (tertiary alicyclic amines) is 1. The van der Waals surface area contributed by atoms with Crippen molar-refractivity contribution in [3.05, 3.63) is 53.9 Å². The van der Waals surface area contributed by atoms with Gasteiger partial charge < -0.3 is 11.1 Å². The summed E-state index contributed by atoms with van der Waals surface area (Å²) in [4.78, 5) is 25.9. The monoisotopic (exact) mass is 341 g/mol. The highest BCUT2D eigenvalue weighted by atomic mass is 16.2. The molecule has 0 bridgehead atoms. The van der Waals surface area contributed by atoms with Gasteiger partial charge in [0.15, 0.2) is 0 Å². The molecular formula is C18H23N5O2. The van der Waals surface area contributed by atoms with Crippen LogP contribution in [0.1, 0.15) is 41.0 Å². The quantitative estimate of drug-likeness (QED) is 0.852. The maximum atomic E-state index is 12.1. The summed E-state index contributed by atoms with van der Waals surface area (Å²) in [6.07, 6.45) is 3.71. The van der Waals surface area contributed by atoms with Crippen LogP contribution in [-0.4, -0.2) is 46.6 Å². The van der Waals surface area contributed by atoms with Crippen molar-refractivity contribution in [1.29, 1.82) is 0 Å². The van der Waals surface area contributed by atoms with Crippen LogP contribution in [0, 0.1) is 0 Å². The van der Waals surface area contributed by atoms with Gasteiger partial charge in [0.2, 0.25) is 5.91 Å². The number of benzene rings is 1. The third-order valence-corrected chi connectivity index (χ3v) is 4.62. The number of hydrogen-bond donors (Lipinski definition) is 2. The highest BCUT2D eigenvalue weighted by molar-refractivity contribution is 5.91. The van der Waals surface area contributed by atoms with Crippen molar-refractivity contribution < 1.29 is 9.59 Å². The molecule has 1 aromatic carbocycles. The maximum Gasteiger partial charge on any atom is 0.271 e. The van der Waals surface area contributed by atoms with Crippen molar-refractivity contribution in [1.82, 2.24) is 20.0 Å². The first-order chi connectivity index (χ1) is 12.1. The Bertz CT molecular complexity index is 743. The highest BCUT2D eigenvalue weighted by Crippen LogP contribution is 2.29. The summed E-state index contributed by atoms with van der Waals surface area (Å²) in [7, 11) is 1.58. The molecule has 1 fully saturated rings. The van der Waals surface area contributed by atoms with E-state index in [1.807, 2.05) is 41.2 Å². The number of piperidine rings is 1. The Balaban J connectivity index is 1.79. The molecular weight excluding hydrogens is 318 g/mol. The lowest BCUT2D eigenvalue weighted by Gasteiger charge is -2.37. The number of hydrogen-bond acceptors (Lipinski definition) is 4. The summed E-state index contributed by atoms with van der Waals surface area (Å²) < 4.78 is 1.82. The Morgan fingerprint density at radius 1 is 1.28 bits per heavy atom. The van der Waals surface area contributed by atoms with Gasteiger partial charge in [0, 0.05) is 19.8 Å². The summed E-state index contributed by atoms with van der Waals surface area (Å²) in [6, 6.07) is 11.0. The number of carbonyl (C=O) groups excluding carboxylic acids is 2. The molecule has 2 amide bonds. The molecule has 0 unspecified atom stereocenters. The second-order valence-corrected chi connectivity index (χ2v) is 6.27. The van der Waals surface area contributed by atoms with Gasteiger partial charge in [0.1, 0.15) is 11.7 Å². The van der Waals surface area contributed by atoms with Gasteiger partial charge in [0.05, 0.1) is 6.04 Å². The summed E-state index contributed by atoms with van der Waals surface area (Å²) in [5.41, 5.74) is 6.99. The van der Waals surface area contributed by atoms with Gasteiger partial charge in [-0.1, -0.05) is 30.3 Å². The Morgan fingerprint density at radius 3 is 2.72 bits per heavy atom. The fourth-order valence-electron chi connectivity index (χ4n) is 3.41. The van der Waals surface area contributed by atoms with E-state index in [0.29, 0.717) is 12.2 Å². The molecule has 0 spiro atoms. The van der Waals surface area contributed by atoms with E-state index in [-0.39, 0.29) is 17.9 Å². The molecule has 2 aromatic rings. The predicted octanol–water partition coefficient (Wildman–Crippen LogP) is 1.11. The molecule has 25 heavy (non-hydrogen) atoms. The zero-order valence-electron chi connectivity index (χ0n) is 14.3. The van der Waals surface area contributed by atoms with E-state index in [2.05, 4.69) is 15.3 Å². The van der Waals surface area contributed by atoms with Crippen LogP contribution in [0.2, 0.25) is 0 Å². The van der Waals surface area contributed by atoms with E-state index in [9.17, 15) is 9.59 Å². The second-order valence-electron chi connectivity index (χ2n) is 6.27. The first-order valence-corrected chi connectivity index (χ1v) is 8.45. The normalized spacial score (nSPS) is 19.3. The Kier molecular flexibility index (Phi) is 5.14. The van der Waals surface area contributed by atoms with Crippen LogP contribution in [0.5, 0.6) is 0 Å². The third-order valence-electron chi connectivity index (χ3n) is 4.62. The Hall–Kier alpha value is -2.67. The smallest absolute Gasteiger partial charge is 0.271 e. The lowest BCUT2D eigenvalue weighted by molar-refractivity contribution is -0.124. The number of nitrogens with two attached hydrogens (primary N) is 1.